The molecule has 0 radical (unpaired) electrons. The normalized spacial score (nSPS) is 13.3. The minimum Gasteiger partial charge on any atom is -0.459 e. The number of rotatable bonds is 12. The lowest BCUT2D eigenvalue weighted by Crippen LogP contribution is -2.43. The second kappa shape index (κ2) is 12.1. The smallest absolute Gasteiger partial charge is 0.329 e. The fourth-order valence-electron chi connectivity index (χ4n) is 3.64. The molecule has 2 aromatic carbocycles. The molecule has 9 heteroatoms. The van der Waals surface area contributed by atoms with E-state index in [1.165, 1.54) is 4.31 Å². The third kappa shape index (κ3) is 7.85. The largest absolute Gasteiger partial charge is 0.459 e. The van der Waals surface area contributed by atoms with E-state index in [-0.39, 0.29) is 18.9 Å². The molecule has 0 aliphatic heterocycles. The summed E-state index contributed by atoms with van der Waals surface area (Å²) in [7, 11) is -2.38. The summed E-state index contributed by atoms with van der Waals surface area (Å²) >= 11 is 1.60. The number of hydrogen-bond donors (Lipinski definition) is 0. The number of methoxy groups -OCH3 is 1. The Kier molecular flexibility index (Phi) is 9.43. The Bertz CT molecular complexity index is 1200. The second-order valence-electron chi connectivity index (χ2n) is 9.11. The summed E-state index contributed by atoms with van der Waals surface area (Å²) in [6, 6.07) is 15.3. The van der Waals surface area contributed by atoms with Gasteiger partial charge in [-0.25, -0.2) is 13.2 Å². The zero-order valence-electron chi connectivity index (χ0n) is 20.6. The van der Waals surface area contributed by atoms with Gasteiger partial charge in [-0.3, -0.25) is 0 Å². The standard InChI is InChI=1S/C26H33NO6S2/c1-26(2,3)33-25(28)24(21-8-6-5-7-9-21)27(13-14-32-16-15-31-4)35(29,30)19-20-10-11-23-22(18-20)12-17-34-23/h5-12,17-18,24H,13-16,19H2,1-4H3/t24-/m1/s1. The minimum absolute atomic E-state index is 0.00839. The minimum atomic E-state index is -3.94. The highest BCUT2D eigenvalue weighted by Crippen LogP contribution is 2.30. The Morgan fingerprint density at radius 1 is 1.03 bits per heavy atom. The highest BCUT2D eigenvalue weighted by atomic mass is 32.2. The lowest BCUT2D eigenvalue weighted by atomic mass is 10.1. The van der Waals surface area contributed by atoms with Crippen LogP contribution in [0.4, 0.5) is 0 Å². The van der Waals surface area contributed by atoms with Gasteiger partial charge in [0.15, 0.2) is 0 Å². The lowest BCUT2D eigenvalue weighted by Gasteiger charge is -2.32. The molecule has 3 rings (SSSR count). The molecule has 35 heavy (non-hydrogen) atoms. The number of sulfonamides is 1. The van der Waals surface area contributed by atoms with Gasteiger partial charge in [-0.2, -0.15) is 4.31 Å². The van der Waals surface area contributed by atoms with Gasteiger partial charge in [0.2, 0.25) is 10.0 Å². The van der Waals surface area contributed by atoms with Crippen molar-refractivity contribution >= 4 is 37.4 Å². The molecule has 0 aliphatic carbocycles. The van der Waals surface area contributed by atoms with Crippen molar-refractivity contribution in [3.05, 3.63) is 71.1 Å². The predicted molar refractivity (Wildman–Crippen MR) is 139 cm³/mol. The van der Waals surface area contributed by atoms with E-state index in [0.717, 1.165) is 10.1 Å². The zero-order valence-corrected chi connectivity index (χ0v) is 22.2. The van der Waals surface area contributed by atoms with Crippen LogP contribution in [0.25, 0.3) is 10.1 Å². The van der Waals surface area contributed by atoms with Gasteiger partial charge in [0.05, 0.1) is 25.6 Å². The van der Waals surface area contributed by atoms with E-state index < -0.39 is 27.6 Å². The SMILES string of the molecule is COCCOCCN([C@@H](C(=O)OC(C)(C)C)c1ccccc1)S(=O)(=O)Cc1ccc2sccc2c1. The summed E-state index contributed by atoms with van der Waals surface area (Å²) in [4.78, 5) is 13.4. The van der Waals surface area contributed by atoms with Crippen LogP contribution < -0.4 is 0 Å². The molecule has 7 nitrogen and oxygen atoms in total. The van der Waals surface area contributed by atoms with Crippen molar-refractivity contribution < 1.29 is 27.4 Å². The van der Waals surface area contributed by atoms with Crippen LogP contribution in [0.5, 0.6) is 0 Å². The molecule has 0 saturated heterocycles. The van der Waals surface area contributed by atoms with Crippen LogP contribution in [-0.2, 0) is 34.8 Å². The van der Waals surface area contributed by atoms with Gasteiger partial charge in [-0.1, -0.05) is 36.4 Å². The molecule has 190 valence electrons. The predicted octanol–water partition coefficient (Wildman–Crippen LogP) is 4.78. The van der Waals surface area contributed by atoms with Crippen molar-refractivity contribution in [3.63, 3.8) is 0 Å². The number of carbonyl (C=O) groups excluding carboxylic acids is 1. The Morgan fingerprint density at radius 2 is 1.77 bits per heavy atom. The molecule has 1 atom stereocenters. The number of fused-ring (bicyclic) bond motifs is 1. The van der Waals surface area contributed by atoms with Crippen molar-refractivity contribution in [1.29, 1.82) is 0 Å². The highest BCUT2D eigenvalue weighted by molar-refractivity contribution is 7.88. The molecule has 0 unspecified atom stereocenters. The number of benzene rings is 2. The first kappa shape index (κ1) is 27.3. The number of nitrogens with zero attached hydrogens (tertiary/aromatic N) is 1. The van der Waals surface area contributed by atoms with Gasteiger partial charge in [-0.15, -0.1) is 11.3 Å². The first-order valence-corrected chi connectivity index (χ1v) is 13.9. The van der Waals surface area contributed by atoms with Crippen LogP contribution in [0, 0.1) is 0 Å². The first-order chi connectivity index (χ1) is 16.6. The van der Waals surface area contributed by atoms with Crippen LogP contribution in [0.15, 0.2) is 60.0 Å². The second-order valence-corrected chi connectivity index (χ2v) is 12.0. The number of carbonyl (C=O) groups is 1. The number of hydrogen-bond acceptors (Lipinski definition) is 7. The Labute approximate surface area is 211 Å². The fourth-order valence-corrected chi connectivity index (χ4v) is 6.06. The molecule has 0 aliphatic rings. The molecule has 0 N–H and O–H groups in total. The third-order valence-electron chi connectivity index (χ3n) is 5.14. The van der Waals surface area contributed by atoms with E-state index in [2.05, 4.69) is 0 Å². The van der Waals surface area contributed by atoms with Gasteiger partial charge in [0.1, 0.15) is 11.6 Å². The maximum absolute atomic E-state index is 13.8. The van der Waals surface area contributed by atoms with Crippen LogP contribution in [0.1, 0.15) is 37.9 Å². The van der Waals surface area contributed by atoms with E-state index in [0.29, 0.717) is 24.3 Å². The maximum Gasteiger partial charge on any atom is 0.329 e. The Hall–Kier alpha value is -2.30. The lowest BCUT2D eigenvalue weighted by molar-refractivity contribution is -0.160. The first-order valence-electron chi connectivity index (χ1n) is 11.4. The Morgan fingerprint density at radius 3 is 2.46 bits per heavy atom. The van der Waals surface area contributed by atoms with E-state index in [1.54, 1.807) is 63.5 Å². The van der Waals surface area contributed by atoms with Crippen molar-refractivity contribution in [1.82, 2.24) is 4.31 Å². The summed E-state index contributed by atoms with van der Waals surface area (Å²) in [6.45, 7) is 6.09. The van der Waals surface area contributed by atoms with Crippen LogP contribution in [0.2, 0.25) is 0 Å². The summed E-state index contributed by atoms with van der Waals surface area (Å²) in [5.41, 5.74) is 0.408. The number of ether oxygens (including phenoxy) is 3. The van der Waals surface area contributed by atoms with Crippen molar-refractivity contribution in [3.8, 4) is 0 Å². The summed E-state index contributed by atoms with van der Waals surface area (Å²) in [6.07, 6.45) is 0. The summed E-state index contributed by atoms with van der Waals surface area (Å²) in [5, 5.41) is 2.96. The van der Waals surface area contributed by atoms with E-state index in [4.69, 9.17) is 14.2 Å². The Balaban J connectivity index is 1.97. The van der Waals surface area contributed by atoms with Crippen LogP contribution in [0.3, 0.4) is 0 Å². The van der Waals surface area contributed by atoms with Crippen LogP contribution >= 0.6 is 11.3 Å². The van der Waals surface area contributed by atoms with Crippen molar-refractivity contribution in [2.24, 2.45) is 0 Å². The monoisotopic (exact) mass is 519 g/mol. The van der Waals surface area contributed by atoms with Crippen molar-refractivity contribution in [2.75, 3.05) is 33.5 Å². The summed E-state index contributed by atoms with van der Waals surface area (Å²) in [5.74, 6) is -0.874. The number of thiophene rings is 1. The van der Waals surface area contributed by atoms with Gasteiger partial charge in [0, 0.05) is 18.4 Å². The molecule has 1 heterocycles. The van der Waals surface area contributed by atoms with E-state index in [9.17, 15) is 13.2 Å². The van der Waals surface area contributed by atoms with Gasteiger partial charge in [-0.05, 0) is 60.9 Å². The maximum atomic E-state index is 13.8. The molecule has 0 bridgehead atoms. The number of esters is 1. The molecule has 3 aromatic rings. The molecule has 0 saturated carbocycles. The van der Waals surface area contributed by atoms with Crippen molar-refractivity contribution in [2.45, 2.75) is 38.2 Å². The average molecular weight is 520 g/mol. The van der Waals surface area contributed by atoms with Gasteiger partial charge < -0.3 is 14.2 Å². The van der Waals surface area contributed by atoms with Gasteiger partial charge >= 0.3 is 5.97 Å². The fraction of sp³-hybridized carbons (Fsp3) is 0.423. The molecule has 0 spiro atoms. The molecule has 1 aromatic heterocycles. The summed E-state index contributed by atoms with van der Waals surface area (Å²) < 4.78 is 46.2. The average Bonchev–Trinajstić information content (AvgIpc) is 3.25. The quantitative estimate of drug-likeness (QED) is 0.253. The molecule has 0 fully saturated rings. The molecular formula is C26H33NO6S2. The van der Waals surface area contributed by atoms with Gasteiger partial charge in [0.25, 0.3) is 0 Å². The third-order valence-corrected chi connectivity index (χ3v) is 7.85. The van der Waals surface area contributed by atoms with E-state index >= 15 is 0 Å². The molecular weight excluding hydrogens is 486 g/mol. The highest BCUT2D eigenvalue weighted by Gasteiger charge is 2.38. The van der Waals surface area contributed by atoms with Crippen LogP contribution in [-0.4, -0.2) is 57.8 Å². The van der Waals surface area contributed by atoms with E-state index in [1.807, 2.05) is 35.7 Å². The molecule has 0 amide bonds. The topological polar surface area (TPSA) is 82.1 Å². The zero-order chi connectivity index (χ0) is 25.5.